The van der Waals surface area contributed by atoms with E-state index in [1.165, 1.54) is 19.1 Å². The van der Waals surface area contributed by atoms with Crippen LogP contribution in [0.25, 0.3) is 0 Å². The largest absolute Gasteiger partial charge is 0.462 e. The molecule has 0 aromatic heterocycles. The van der Waals surface area contributed by atoms with Crippen molar-refractivity contribution in [2.75, 3.05) is 6.86 Å². The van der Waals surface area contributed by atoms with E-state index in [4.69, 9.17) is 0 Å². The molecule has 0 radical (unpaired) electrons. The minimum atomic E-state index is -0.983. The minimum Gasteiger partial charge on any atom is -0.462 e. The highest BCUT2D eigenvalue weighted by Gasteiger charge is 2.16. The fraction of sp³-hybridized carbons (Fsp3) is 0.333. The van der Waals surface area contributed by atoms with Gasteiger partial charge in [0, 0.05) is 6.07 Å². The SMILES string of the molecule is Cc1ccc([N+](=O)[O-])c(C)c1OCF. The maximum atomic E-state index is 12.0. The Hall–Kier alpha value is -1.65. The minimum absolute atomic E-state index is 0.0564. The van der Waals surface area contributed by atoms with E-state index in [1.807, 2.05) is 0 Å². The first-order chi connectivity index (χ1) is 6.57. The number of nitrogens with zero attached hydrogens (tertiary/aromatic N) is 1. The predicted molar refractivity (Wildman–Crippen MR) is 49.2 cm³/mol. The van der Waals surface area contributed by atoms with Crippen molar-refractivity contribution in [3.8, 4) is 5.75 Å². The molecule has 4 nitrogen and oxygen atoms in total. The van der Waals surface area contributed by atoms with Crippen LogP contribution in [0.2, 0.25) is 0 Å². The third-order valence-electron chi connectivity index (χ3n) is 1.97. The highest BCUT2D eigenvalue weighted by atomic mass is 19.1. The summed E-state index contributed by atoms with van der Waals surface area (Å²) in [5.41, 5.74) is 0.984. The molecule has 0 unspecified atom stereocenters. The van der Waals surface area contributed by atoms with Gasteiger partial charge in [-0.15, -0.1) is 0 Å². The molecule has 0 saturated carbocycles. The molecule has 0 atom stereocenters. The van der Waals surface area contributed by atoms with Gasteiger partial charge in [-0.05, 0) is 25.5 Å². The Morgan fingerprint density at radius 1 is 1.50 bits per heavy atom. The Bertz CT molecular complexity index is 365. The number of aryl methyl sites for hydroxylation is 1. The van der Waals surface area contributed by atoms with Crippen molar-refractivity contribution in [2.24, 2.45) is 0 Å². The Morgan fingerprint density at radius 2 is 2.14 bits per heavy atom. The molecule has 0 bridgehead atoms. The van der Waals surface area contributed by atoms with Crippen LogP contribution in [0.1, 0.15) is 11.1 Å². The van der Waals surface area contributed by atoms with Crippen LogP contribution < -0.4 is 4.74 Å². The van der Waals surface area contributed by atoms with Gasteiger partial charge >= 0.3 is 0 Å². The van der Waals surface area contributed by atoms with Crippen molar-refractivity contribution in [1.82, 2.24) is 0 Å². The van der Waals surface area contributed by atoms with Gasteiger partial charge in [0.05, 0.1) is 10.5 Å². The number of nitro benzene ring substituents is 1. The number of hydrogen-bond donors (Lipinski definition) is 0. The van der Waals surface area contributed by atoms with E-state index in [0.29, 0.717) is 11.1 Å². The van der Waals surface area contributed by atoms with Crippen molar-refractivity contribution in [1.29, 1.82) is 0 Å². The molecule has 0 spiro atoms. The molecule has 0 saturated heterocycles. The van der Waals surface area contributed by atoms with Crippen molar-refractivity contribution in [3.05, 3.63) is 33.4 Å². The van der Waals surface area contributed by atoms with Crippen LogP contribution in [-0.4, -0.2) is 11.8 Å². The average Bonchev–Trinajstić information content (AvgIpc) is 2.11. The molecule has 1 aromatic carbocycles. The summed E-state index contributed by atoms with van der Waals surface area (Å²) in [6.45, 7) is 2.26. The Balaban J connectivity index is 3.26. The van der Waals surface area contributed by atoms with Crippen LogP contribution in [0.3, 0.4) is 0 Å². The summed E-state index contributed by atoms with van der Waals surface area (Å²) in [6.07, 6.45) is 0. The summed E-state index contributed by atoms with van der Waals surface area (Å²) in [5, 5.41) is 10.5. The molecular weight excluding hydrogens is 189 g/mol. The van der Waals surface area contributed by atoms with E-state index in [2.05, 4.69) is 4.74 Å². The lowest BCUT2D eigenvalue weighted by atomic mass is 10.1. The molecule has 0 amide bonds. The summed E-state index contributed by atoms with van der Waals surface area (Å²) >= 11 is 0. The summed E-state index contributed by atoms with van der Waals surface area (Å²) in [7, 11) is 0. The lowest BCUT2D eigenvalue weighted by Gasteiger charge is -2.08. The molecule has 5 heteroatoms. The number of ether oxygens (including phenoxy) is 1. The summed E-state index contributed by atoms with van der Waals surface area (Å²) < 4.78 is 16.7. The number of benzene rings is 1. The first-order valence-electron chi connectivity index (χ1n) is 4.01. The molecule has 76 valence electrons. The normalized spacial score (nSPS) is 9.93. The van der Waals surface area contributed by atoms with Crippen LogP contribution >= 0.6 is 0 Å². The van der Waals surface area contributed by atoms with Crippen molar-refractivity contribution in [3.63, 3.8) is 0 Å². The van der Waals surface area contributed by atoms with Gasteiger partial charge in [0.15, 0.2) is 0 Å². The fourth-order valence-electron chi connectivity index (χ4n) is 1.29. The van der Waals surface area contributed by atoms with E-state index >= 15 is 0 Å². The zero-order valence-corrected chi connectivity index (χ0v) is 7.91. The topological polar surface area (TPSA) is 52.4 Å². The molecule has 0 aliphatic rings. The van der Waals surface area contributed by atoms with E-state index in [9.17, 15) is 14.5 Å². The summed E-state index contributed by atoms with van der Waals surface area (Å²) in [5.74, 6) is 0.252. The highest BCUT2D eigenvalue weighted by Crippen LogP contribution is 2.30. The smallest absolute Gasteiger partial charge is 0.276 e. The van der Waals surface area contributed by atoms with Gasteiger partial charge in [-0.3, -0.25) is 10.1 Å². The lowest BCUT2D eigenvalue weighted by Crippen LogP contribution is -1.99. The molecule has 0 aliphatic heterocycles. The molecule has 0 aliphatic carbocycles. The Kier molecular flexibility index (Phi) is 3.01. The molecular formula is C9H10FNO3. The van der Waals surface area contributed by atoms with E-state index in [-0.39, 0.29) is 11.4 Å². The van der Waals surface area contributed by atoms with Crippen LogP contribution in [0.15, 0.2) is 12.1 Å². The van der Waals surface area contributed by atoms with Crippen LogP contribution in [0.5, 0.6) is 5.75 Å². The maximum Gasteiger partial charge on any atom is 0.276 e. The van der Waals surface area contributed by atoms with Gasteiger partial charge in [-0.25, -0.2) is 4.39 Å². The van der Waals surface area contributed by atoms with Gasteiger partial charge in [0.2, 0.25) is 6.86 Å². The standard InChI is InChI=1S/C9H10FNO3/c1-6-3-4-8(11(12)13)7(2)9(6)14-5-10/h3-4H,5H2,1-2H3. The van der Waals surface area contributed by atoms with E-state index in [1.54, 1.807) is 6.92 Å². The van der Waals surface area contributed by atoms with Crippen molar-refractivity contribution >= 4 is 5.69 Å². The van der Waals surface area contributed by atoms with E-state index < -0.39 is 11.8 Å². The number of alkyl halides is 1. The molecule has 1 aromatic rings. The Labute approximate surface area is 80.5 Å². The third kappa shape index (κ3) is 1.81. The lowest BCUT2D eigenvalue weighted by molar-refractivity contribution is -0.385. The summed E-state index contributed by atoms with van der Waals surface area (Å²) in [4.78, 5) is 10.0. The average molecular weight is 199 g/mol. The third-order valence-corrected chi connectivity index (χ3v) is 1.97. The monoisotopic (exact) mass is 199 g/mol. The van der Waals surface area contributed by atoms with Crippen LogP contribution in [0.4, 0.5) is 10.1 Å². The zero-order valence-electron chi connectivity index (χ0n) is 7.91. The van der Waals surface area contributed by atoms with Gasteiger partial charge in [0.1, 0.15) is 5.75 Å². The van der Waals surface area contributed by atoms with Crippen LogP contribution in [0, 0.1) is 24.0 Å². The first kappa shape index (κ1) is 10.4. The molecule has 1 rings (SSSR count). The second-order valence-electron chi connectivity index (χ2n) is 2.87. The summed E-state index contributed by atoms with van der Waals surface area (Å²) in [6, 6.07) is 2.92. The van der Waals surface area contributed by atoms with Crippen molar-refractivity contribution in [2.45, 2.75) is 13.8 Å². The van der Waals surface area contributed by atoms with Crippen molar-refractivity contribution < 1.29 is 14.1 Å². The fourth-order valence-corrected chi connectivity index (χ4v) is 1.29. The molecule has 0 heterocycles. The van der Waals surface area contributed by atoms with Gasteiger partial charge in [0.25, 0.3) is 5.69 Å². The van der Waals surface area contributed by atoms with Crippen LogP contribution in [-0.2, 0) is 0 Å². The maximum absolute atomic E-state index is 12.0. The second-order valence-corrected chi connectivity index (χ2v) is 2.87. The van der Waals surface area contributed by atoms with E-state index in [0.717, 1.165) is 0 Å². The second kappa shape index (κ2) is 4.04. The number of hydrogen-bond acceptors (Lipinski definition) is 3. The first-order valence-corrected chi connectivity index (χ1v) is 4.01. The highest BCUT2D eigenvalue weighted by molar-refractivity contribution is 5.52. The Morgan fingerprint density at radius 3 is 2.64 bits per heavy atom. The molecule has 14 heavy (non-hydrogen) atoms. The quantitative estimate of drug-likeness (QED) is 0.555. The van der Waals surface area contributed by atoms with Gasteiger partial charge < -0.3 is 4.74 Å². The predicted octanol–water partition coefficient (Wildman–Crippen LogP) is 2.52. The number of halogens is 1. The number of nitro groups is 1. The molecule has 0 fully saturated rings. The van der Waals surface area contributed by atoms with Gasteiger partial charge in [-0.2, -0.15) is 0 Å². The van der Waals surface area contributed by atoms with Gasteiger partial charge in [-0.1, -0.05) is 0 Å². The molecule has 0 N–H and O–H groups in total. The number of rotatable bonds is 3. The zero-order chi connectivity index (χ0) is 10.7.